The van der Waals surface area contributed by atoms with Crippen LogP contribution in [0.5, 0.6) is 0 Å². The lowest BCUT2D eigenvalue weighted by molar-refractivity contribution is -0.204. The molecule has 4 fully saturated rings. The van der Waals surface area contributed by atoms with Crippen LogP contribution < -0.4 is 22.5 Å². The number of nitrogens with zero attached hydrogens (tertiary/aromatic N) is 2. The summed E-state index contributed by atoms with van der Waals surface area (Å²) >= 11 is 0. The number of nitrogens with one attached hydrogen (secondary N) is 2. The van der Waals surface area contributed by atoms with Gasteiger partial charge in [-0.3, -0.25) is 28.7 Å². The molecular formula is C35H50N4O12Si. The van der Waals surface area contributed by atoms with Gasteiger partial charge in [-0.25, -0.2) is 9.59 Å². The maximum Gasteiger partial charge on any atom is 0.331 e. The quantitative estimate of drug-likeness (QED) is 0.249. The highest BCUT2D eigenvalue weighted by Crippen LogP contribution is 2.47. The van der Waals surface area contributed by atoms with Crippen molar-refractivity contribution in [3.63, 3.8) is 0 Å². The third-order valence-corrected chi connectivity index (χ3v) is 16.5. The molecule has 0 saturated carbocycles. The molecule has 4 aliphatic heterocycles. The van der Waals surface area contributed by atoms with Gasteiger partial charge in [-0.1, -0.05) is 47.5 Å². The molecule has 2 aromatic heterocycles. The van der Waals surface area contributed by atoms with Crippen molar-refractivity contribution in [1.29, 1.82) is 0 Å². The SMILES string of the molecule is CC(C)[Si](OC[C@H]1O[C@@H](n2c(C#C[C@@H](O)[C@H]3O[C@@H](n4ccc(=O)[nH]c4=O)[C@@H]4OC(C)(C)O[C@@H]43)cc(=O)[nH]c2=O)[C@@H]2OC(C)(C)O[C@@H]21)(C(C)C)C(C)C. The summed E-state index contributed by atoms with van der Waals surface area (Å²) in [6, 6.07) is 2.30. The summed E-state index contributed by atoms with van der Waals surface area (Å²) in [5.74, 6) is 3.41. The average molecular weight is 747 g/mol. The summed E-state index contributed by atoms with van der Waals surface area (Å²) in [6.45, 7) is 20.3. The Hall–Kier alpha value is -3.18. The zero-order valence-electron chi connectivity index (χ0n) is 31.2. The highest BCUT2D eigenvalue weighted by molar-refractivity contribution is 6.77. The van der Waals surface area contributed by atoms with Gasteiger partial charge >= 0.3 is 11.4 Å². The highest BCUT2D eigenvalue weighted by Gasteiger charge is 2.59. The van der Waals surface area contributed by atoms with Gasteiger partial charge in [-0.05, 0) is 50.2 Å². The molecule has 17 heteroatoms. The van der Waals surface area contributed by atoms with Crippen molar-refractivity contribution in [3.05, 3.63) is 65.7 Å². The lowest BCUT2D eigenvalue weighted by atomic mass is 10.1. The zero-order valence-corrected chi connectivity index (χ0v) is 32.2. The molecule has 0 amide bonds. The largest absolute Gasteiger partial charge is 0.413 e. The monoisotopic (exact) mass is 746 g/mol. The first-order valence-corrected chi connectivity index (χ1v) is 19.9. The third-order valence-electron chi connectivity index (χ3n) is 10.4. The summed E-state index contributed by atoms with van der Waals surface area (Å²) in [7, 11) is -2.30. The van der Waals surface area contributed by atoms with Crippen LogP contribution in [0.4, 0.5) is 0 Å². The van der Waals surface area contributed by atoms with Crippen molar-refractivity contribution in [2.45, 2.75) is 153 Å². The van der Waals surface area contributed by atoms with Gasteiger partial charge in [0.05, 0.1) is 6.61 Å². The van der Waals surface area contributed by atoms with Gasteiger partial charge < -0.3 is 38.0 Å². The van der Waals surface area contributed by atoms with Crippen LogP contribution >= 0.6 is 0 Å². The van der Waals surface area contributed by atoms with Gasteiger partial charge in [-0.2, -0.15) is 0 Å². The summed E-state index contributed by atoms with van der Waals surface area (Å²) in [6.07, 6.45) is -7.19. The summed E-state index contributed by atoms with van der Waals surface area (Å²) in [4.78, 5) is 55.0. The molecule has 4 aliphatic rings. The van der Waals surface area contributed by atoms with E-state index >= 15 is 0 Å². The molecule has 0 radical (unpaired) electrons. The first-order chi connectivity index (χ1) is 24.2. The maximum atomic E-state index is 13.5. The zero-order chi connectivity index (χ0) is 38.1. The molecule has 9 atom stereocenters. The van der Waals surface area contributed by atoms with Gasteiger partial charge in [0.15, 0.2) is 32.3 Å². The van der Waals surface area contributed by atoms with Crippen molar-refractivity contribution in [1.82, 2.24) is 19.1 Å². The summed E-state index contributed by atoms with van der Waals surface area (Å²) in [5.41, 5.74) is -1.88. The second-order valence-electron chi connectivity index (χ2n) is 15.7. The lowest BCUT2D eigenvalue weighted by Crippen LogP contribution is -2.50. The van der Waals surface area contributed by atoms with Crippen molar-refractivity contribution in [3.8, 4) is 11.8 Å². The fourth-order valence-electron chi connectivity index (χ4n) is 8.52. The van der Waals surface area contributed by atoms with Crippen LogP contribution in [0.25, 0.3) is 0 Å². The number of rotatable bonds is 9. The van der Waals surface area contributed by atoms with E-state index in [1.54, 1.807) is 27.7 Å². The predicted octanol–water partition coefficient (Wildman–Crippen LogP) is 1.83. The Morgan fingerprint density at radius 3 is 1.96 bits per heavy atom. The summed E-state index contributed by atoms with van der Waals surface area (Å²) < 4.78 is 46.5. The average Bonchev–Trinajstić information content (AvgIpc) is 3.72. The molecule has 0 aliphatic carbocycles. The number of H-pyrrole nitrogens is 2. The minimum atomic E-state index is -2.30. The molecule has 3 N–H and O–H groups in total. The van der Waals surface area contributed by atoms with Gasteiger partial charge in [0.2, 0.25) is 0 Å². The van der Waals surface area contributed by atoms with Gasteiger partial charge in [-0.15, -0.1) is 0 Å². The van der Waals surface area contributed by atoms with Crippen molar-refractivity contribution < 1.29 is 38.0 Å². The van der Waals surface area contributed by atoms with E-state index in [1.165, 1.54) is 16.8 Å². The number of aromatic nitrogens is 4. The Balaban J connectivity index is 1.31. The highest BCUT2D eigenvalue weighted by atomic mass is 28.4. The van der Waals surface area contributed by atoms with E-state index in [0.29, 0.717) is 16.6 Å². The molecule has 0 spiro atoms. The molecule has 2 aromatic rings. The van der Waals surface area contributed by atoms with E-state index in [1.807, 2.05) is 0 Å². The molecule has 4 saturated heterocycles. The molecule has 0 unspecified atom stereocenters. The minimum absolute atomic E-state index is 0.0476. The molecule has 52 heavy (non-hydrogen) atoms. The molecule has 6 heterocycles. The summed E-state index contributed by atoms with van der Waals surface area (Å²) in [5, 5.41) is 11.4. The van der Waals surface area contributed by atoms with Crippen LogP contribution in [0.1, 0.15) is 87.4 Å². The van der Waals surface area contributed by atoms with Crippen LogP contribution in [-0.2, 0) is 32.8 Å². The lowest BCUT2D eigenvalue weighted by Gasteiger charge is -2.43. The number of ether oxygens (including phenoxy) is 6. The number of aliphatic hydroxyl groups excluding tert-OH is 1. The fraction of sp³-hybridized carbons (Fsp3) is 0.714. The number of hydrogen-bond acceptors (Lipinski definition) is 12. The van der Waals surface area contributed by atoms with E-state index in [4.69, 9.17) is 32.8 Å². The molecule has 0 aromatic carbocycles. The number of aromatic amines is 2. The third kappa shape index (κ3) is 6.96. The van der Waals surface area contributed by atoms with Crippen molar-refractivity contribution >= 4 is 8.32 Å². The van der Waals surface area contributed by atoms with E-state index < -0.39 is 97.6 Å². The topological polar surface area (TPSA) is 195 Å². The Kier molecular flexibility index (Phi) is 10.3. The molecule has 286 valence electrons. The van der Waals surface area contributed by atoms with Crippen LogP contribution in [0.15, 0.2) is 37.5 Å². The Morgan fingerprint density at radius 2 is 1.37 bits per heavy atom. The fourth-order valence-corrected chi connectivity index (χ4v) is 14.0. The molecule has 0 bridgehead atoms. The standard InChI is InChI=1S/C35H50N4O12Si/c1-17(2)52(18(3)4,19(5)6)45-16-22-26-28(50-34(7,8)48-26)31(46-22)39-20(15-24(42)37-33(39)44)11-12-21(40)25-27-29(51-35(9,10)49-27)30(47-25)38-14-13-23(41)36-32(38)43/h13-15,17-19,21-22,25-31,40H,16H2,1-10H3,(H,36,41,43)(H,37,42,44)/t21-,22-,25-,26-,27-,28-,29-,30-,31-/m1/s1. The molecule has 16 nitrogen and oxygen atoms in total. The molecule has 6 rings (SSSR count). The molecular weight excluding hydrogens is 696 g/mol. The Morgan fingerprint density at radius 1 is 0.808 bits per heavy atom. The smallest absolute Gasteiger partial charge is 0.331 e. The van der Waals surface area contributed by atoms with Crippen LogP contribution in [0.2, 0.25) is 16.6 Å². The second kappa shape index (κ2) is 13.9. The van der Waals surface area contributed by atoms with Crippen LogP contribution in [-0.4, -0.2) is 93.4 Å². The number of hydrogen-bond donors (Lipinski definition) is 3. The van der Waals surface area contributed by atoms with E-state index in [2.05, 4.69) is 63.4 Å². The number of fused-ring (bicyclic) bond motifs is 2. The first-order valence-electron chi connectivity index (χ1n) is 17.8. The normalized spacial score (nSPS) is 31.2. The number of aliphatic hydroxyl groups is 1. The van der Waals surface area contributed by atoms with Gasteiger partial charge in [0.1, 0.15) is 48.4 Å². The van der Waals surface area contributed by atoms with Crippen molar-refractivity contribution in [2.24, 2.45) is 0 Å². The van der Waals surface area contributed by atoms with Crippen LogP contribution in [0.3, 0.4) is 0 Å². The van der Waals surface area contributed by atoms with Crippen LogP contribution in [0, 0.1) is 11.8 Å². The van der Waals surface area contributed by atoms with E-state index in [9.17, 15) is 24.3 Å². The predicted molar refractivity (Wildman–Crippen MR) is 188 cm³/mol. The first kappa shape index (κ1) is 38.5. The Bertz CT molecular complexity index is 1930. The maximum absolute atomic E-state index is 13.5. The van der Waals surface area contributed by atoms with Gasteiger partial charge in [0.25, 0.3) is 11.1 Å². The minimum Gasteiger partial charge on any atom is -0.413 e. The van der Waals surface area contributed by atoms with Crippen molar-refractivity contribution in [2.75, 3.05) is 6.61 Å². The van der Waals surface area contributed by atoms with Gasteiger partial charge in [0, 0.05) is 18.3 Å². The second-order valence-corrected chi connectivity index (χ2v) is 21.2. The van der Waals surface area contributed by atoms with E-state index in [-0.39, 0.29) is 12.3 Å². The Labute approximate surface area is 301 Å². The van der Waals surface area contributed by atoms with E-state index in [0.717, 1.165) is 10.6 Å².